The average molecular weight is 753 g/mol. The summed E-state index contributed by atoms with van der Waals surface area (Å²) in [5.74, 6) is 0.253. The van der Waals surface area contributed by atoms with Crippen LogP contribution in [0.3, 0.4) is 0 Å². The van der Waals surface area contributed by atoms with Crippen LogP contribution < -0.4 is 53.8 Å². The van der Waals surface area contributed by atoms with Crippen molar-refractivity contribution in [1.82, 2.24) is 4.31 Å². The Morgan fingerprint density at radius 3 is 2.17 bits per heavy atom. The minimum absolute atomic E-state index is 0. The summed E-state index contributed by atoms with van der Waals surface area (Å²) in [4.78, 5) is 14.3. The molecule has 7 rings (SSSR count). The first-order valence-electron chi connectivity index (χ1n) is 17.4. The number of aliphatic carboxylic acids is 1. The van der Waals surface area contributed by atoms with Gasteiger partial charge in [-0.2, -0.15) is 4.31 Å². The molecule has 0 N–H and O–H groups in total. The fourth-order valence-corrected chi connectivity index (χ4v) is 9.51. The summed E-state index contributed by atoms with van der Waals surface area (Å²) in [5.41, 5.74) is 4.25. The third kappa shape index (κ3) is 7.84. The van der Waals surface area contributed by atoms with Crippen molar-refractivity contribution < 1.29 is 62.1 Å². The molecule has 268 valence electrons. The molecule has 0 unspecified atom stereocenters. The van der Waals surface area contributed by atoms with Crippen molar-refractivity contribution >= 4 is 33.3 Å². The third-order valence-corrected chi connectivity index (χ3v) is 12.9. The van der Waals surface area contributed by atoms with Gasteiger partial charge in [-0.15, -0.1) is 0 Å². The summed E-state index contributed by atoms with van der Waals surface area (Å²) in [6.45, 7) is 1.67. The van der Waals surface area contributed by atoms with Crippen molar-refractivity contribution in [2.45, 2.75) is 55.5 Å². The maximum absolute atomic E-state index is 14.7. The number of carbonyl (C=O) groups is 1. The molecule has 52 heavy (non-hydrogen) atoms. The maximum atomic E-state index is 14.7. The number of hydrogen-bond acceptors (Lipinski definition) is 8. The Morgan fingerprint density at radius 1 is 0.942 bits per heavy atom. The first-order valence-corrected chi connectivity index (χ1v) is 19.2. The van der Waals surface area contributed by atoms with Crippen molar-refractivity contribution in [1.29, 1.82) is 0 Å². The van der Waals surface area contributed by atoms with Crippen LogP contribution in [0.4, 0.5) is 5.69 Å². The first kappa shape index (κ1) is 38.5. The molecule has 1 heterocycles. The van der Waals surface area contributed by atoms with Gasteiger partial charge in [-0.25, -0.2) is 8.42 Å². The molecule has 4 aromatic rings. The SMILES string of the molecule is COc1ccc(CN(Cc2ccc(OC)cc2)S(=O)(=O)c2ccc3c(c2)N(C[C@@H]2CC[C@H]2C(=O)[O-])C[C@@]2(CCCc4cc(Cl)ccc42)CO3)cc1.[Na+]. The largest absolute Gasteiger partial charge is 1.00 e. The van der Waals surface area contributed by atoms with Gasteiger partial charge in [0.2, 0.25) is 10.0 Å². The van der Waals surface area contributed by atoms with Crippen molar-refractivity contribution in [3.8, 4) is 17.2 Å². The average Bonchev–Trinajstić information content (AvgIpc) is 3.26. The quantitative estimate of drug-likeness (QED) is 0.216. The zero-order valence-electron chi connectivity index (χ0n) is 29.8. The van der Waals surface area contributed by atoms with E-state index in [-0.39, 0.29) is 58.9 Å². The molecule has 0 radical (unpaired) electrons. The normalized spacial score (nSPS) is 20.8. The number of hydrogen-bond donors (Lipinski definition) is 0. The van der Waals surface area contributed by atoms with Crippen LogP contribution >= 0.6 is 11.6 Å². The third-order valence-electron chi connectivity index (χ3n) is 10.9. The van der Waals surface area contributed by atoms with E-state index < -0.39 is 21.9 Å². The Bertz CT molecular complexity index is 1960. The van der Waals surface area contributed by atoms with E-state index in [0.29, 0.717) is 54.1 Å². The zero-order valence-corrected chi connectivity index (χ0v) is 33.4. The van der Waals surface area contributed by atoms with E-state index >= 15 is 0 Å². The zero-order chi connectivity index (χ0) is 35.8. The van der Waals surface area contributed by atoms with Gasteiger partial charge in [0.1, 0.15) is 17.2 Å². The molecule has 0 aromatic heterocycles. The number of methoxy groups -OCH3 is 2. The van der Waals surface area contributed by atoms with Crippen LogP contribution in [0.25, 0.3) is 0 Å². The Balaban J connectivity index is 0.00000464. The molecular weight excluding hydrogens is 711 g/mol. The molecule has 1 saturated carbocycles. The van der Waals surface area contributed by atoms with E-state index in [1.54, 1.807) is 32.4 Å². The van der Waals surface area contributed by atoms with Crippen molar-refractivity contribution in [3.63, 3.8) is 0 Å². The summed E-state index contributed by atoms with van der Waals surface area (Å²) in [6, 6.07) is 25.8. The number of sulfonamides is 1. The number of halogens is 1. The number of carboxylic acids is 1. The van der Waals surface area contributed by atoms with Crippen LogP contribution in [0.2, 0.25) is 5.02 Å². The molecule has 9 nitrogen and oxygen atoms in total. The fraction of sp³-hybridized carbons (Fsp3) is 0.375. The summed E-state index contributed by atoms with van der Waals surface area (Å²) in [6.07, 6.45) is 4.10. The molecule has 0 saturated heterocycles. The molecule has 3 atom stereocenters. The molecule has 1 aliphatic heterocycles. The van der Waals surface area contributed by atoms with Gasteiger partial charge in [-0.3, -0.25) is 0 Å². The minimum atomic E-state index is -4.06. The van der Waals surface area contributed by atoms with Gasteiger partial charge in [0.05, 0.1) is 31.4 Å². The molecular formula is C40H42ClN2NaO7S. The molecule has 1 fully saturated rings. The summed E-state index contributed by atoms with van der Waals surface area (Å²) in [5, 5.41) is 12.7. The van der Waals surface area contributed by atoms with E-state index in [9.17, 15) is 18.3 Å². The monoisotopic (exact) mass is 752 g/mol. The van der Waals surface area contributed by atoms with E-state index in [0.717, 1.165) is 36.8 Å². The number of aryl methyl sites for hydroxylation is 1. The molecule has 12 heteroatoms. The number of anilines is 1. The number of carbonyl (C=O) groups excluding carboxylic acids is 1. The number of nitrogens with zero attached hydrogens (tertiary/aromatic N) is 2. The molecule has 0 bridgehead atoms. The van der Waals surface area contributed by atoms with Gasteiger partial charge < -0.3 is 29.0 Å². The number of fused-ring (bicyclic) bond motifs is 3. The van der Waals surface area contributed by atoms with Gasteiger partial charge in [-0.05, 0) is 115 Å². The van der Waals surface area contributed by atoms with E-state index in [4.69, 9.17) is 25.8 Å². The fourth-order valence-electron chi connectivity index (χ4n) is 7.88. The number of ether oxygens (including phenoxy) is 3. The minimum Gasteiger partial charge on any atom is -0.550 e. The van der Waals surface area contributed by atoms with E-state index in [2.05, 4.69) is 11.0 Å². The molecule has 4 aromatic carbocycles. The summed E-state index contributed by atoms with van der Waals surface area (Å²) in [7, 11) is -0.874. The number of carboxylic acid groups (broad SMARTS) is 1. The molecule has 2 aliphatic carbocycles. The Hall–Kier alpha value is -3.25. The van der Waals surface area contributed by atoms with E-state index in [1.165, 1.54) is 15.4 Å². The van der Waals surface area contributed by atoms with Crippen LogP contribution in [0, 0.1) is 11.8 Å². The predicted molar refractivity (Wildman–Crippen MR) is 194 cm³/mol. The van der Waals surface area contributed by atoms with Crippen molar-refractivity contribution in [2.75, 3.05) is 38.8 Å². The molecule has 1 spiro atoms. The number of benzene rings is 4. The van der Waals surface area contributed by atoms with Gasteiger partial charge in [0, 0.05) is 48.5 Å². The second-order valence-corrected chi connectivity index (χ2v) is 16.3. The molecule has 0 amide bonds. The summed E-state index contributed by atoms with van der Waals surface area (Å²) >= 11 is 6.42. The van der Waals surface area contributed by atoms with Gasteiger partial charge in [0.25, 0.3) is 0 Å². The predicted octanol–water partition coefficient (Wildman–Crippen LogP) is 3.00. The summed E-state index contributed by atoms with van der Waals surface area (Å²) < 4.78 is 48.1. The van der Waals surface area contributed by atoms with Crippen LogP contribution in [-0.2, 0) is 39.7 Å². The van der Waals surface area contributed by atoms with Crippen LogP contribution in [0.15, 0.2) is 89.8 Å². The first-order chi connectivity index (χ1) is 24.6. The smallest absolute Gasteiger partial charge is 0.550 e. The van der Waals surface area contributed by atoms with Crippen LogP contribution in [0.1, 0.15) is 47.9 Å². The van der Waals surface area contributed by atoms with Crippen molar-refractivity contribution in [2.24, 2.45) is 11.8 Å². The Morgan fingerprint density at radius 2 is 1.60 bits per heavy atom. The molecule has 3 aliphatic rings. The standard InChI is InChI=1S/C40H43ClN2O7S.Na/c1-48-32-11-5-27(6-12-32)22-43(23-28-7-13-33(49-2)14-8-28)51(46,47)34-15-18-38-37(21-34)42(24-30-9-16-35(30)39(44)45)25-40(26-50-38)19-3-4-29-20-31(41)10-17-36(29)40;/h5-8,10-15,17-18,20-21,30,35H,3-4,9,16,19,22-26H2,1-2H3,(H,44,45);/q;+1/p-1/t30-,35+,40-;/m0./s1. The topological polar surface area (TPSA) is 108 Å². The number of rotatable bonds is 11. The Kier molecular flexibility index (Phi) is 11.8. The van der Waals surface area contributed by atoms with Crippen LogP contribution in [-0.4, -0.2) is 52.6 Å². The van der Waals surface area contributed by atoms with Crippen molar-refractivity contribution in [3.05, 3.63) is 112 Å². The van der Waals surface area contributed by atoms with Gasteiger partial charge in [-0.1, -0.05) is 41.9 Å². The van der Waals surface area contributed by atoms with Gasteiger partial charge in [0.15, 0.2) is 0 Å². The maximum Gasteiger partial charge on any atom is 1.00 e. The second kappa shape index (κ2) is 16.0. The van der Waals surface area contributed by atoms with Crippen LogP contribution in [0.5, 0.6) is 17.2 Å². The van der Waals surface area contributed by atoms with Gasteiger partial charge >= 0.3 is 29.6 Å². The van der Waals surface area contributed by atoms with E-state index in [1.807, 2.05) is 60.7 Å². The Labute approximate surface area is 333 Å². The second-order valence-electron chi connectivity index (χ2n) is 14.0.